The Morgan fingerprint density at radius 1 is 1.18 bits per heavy atom. The molecule has 1 aromatic rings. The van der Waals surface area contributed by atoms with Crippen LogP contribution in [0.25, 0.3) is 0 Å². The molecule has 1 atom stereocenters. The van der Waals surface area contributed by atoms with Crippen LogP contribution in [0.1, 0.15) is 48.0 Å². The van der Waals surface area contributed by atoms with Gasteiger partial charge in [-0.1, -0.05) is 20.8 Å². The SMILES string of the molecule is COc1ccc(SC(C)C(=O)NC(C)(C)CC(C)(C)C)cc1. The maximum atomic E-state index is 12.4. The van der Waals surface area contributed by atoms with Crippen LogP contribution in [-0.2, 0) is 4.79 Å². The van der Waals surface area contributed by atoms with Crippen LogP contribution < -0.4 is 10.1 Å². The van der Waals surface area contributed by atoms with E-state index in [1.807, 2.05) is 31.2 Å². The van der Waals surface area contributed by atoms with Gasteiger partial charge in [0.2, 0.25) is 5.91 Å². The second kappa shape index (κ2) is 7.40. The first-order valence-corrected chi connectivity index (χ1v) is 8.53. The van der Waals surface area contributed by atoms with Crippen molar-refractivity contribution in [2.75, 3.05) is 7.11 Å². The second-order valence-corrected chi connectivity index (χ2v) is 8.96. The van der Waals surface area contributed by atoms with Gasteiger partial charge >= 0.3 is 0 Å². The molecule has 0 aliphatic rings. The van der Waals surface area contributed by atoms with Gasteiger partial charge in [-0.25, -0.2) is 0 Å². The molecule has 0 heterocycles. The first-order valence-electron chi connectivity index (χ1n) is 7.65. The minimum Gasteiger partial charge on any atom is -0.497 e. The molecular weight excluding hydrogens is 294 g/mol. The molecule has 0 aromatic heterocycles. The molecule has 1 rings (SSSR count). The molecule has 1 amide bonds. The Morgan fingerprint density at radius 3 is 2.18 bits per heavy atom. The largest absolute Gasteiger partial charge is 0.497 e. The van der Waals surface area contributed by atoms with Crippen LogP contribution in [0.4, 0.5) is 0 Å². The average Bonchev–Trinajstić information content (AvgIpc) is 2.36. The fourth-order valence-corrected chi connectivity index (χ4v) is 3.58. The summed E-state index contributed by atoms with van der Waals surface area (Å²) in [5.41, 5.74) is -0.0206. The molecule has 0 bridgehead atoms. The van der Waals surface area contributed by atoms with E-state index in [1.54, 1.807) is 18.9 Å². The Labute approximate surface area is 139 Å². The molecule has 1 aromatic carbocycles. The monoisotopic (exact) mass is 323 g/mol. The van der Waals surface area contributed by atoms with Crippen molar-refractivity contribution in [2.24, 2.45) is 5.41 Å². The number of nitrogens with one attached hydrogen (secondary N) is 1. The summed E-state index contributed by atoms with van der Waals surface area (Å²) >= 11 is 1.56. The molecule has 0 spiro atoms. The predicted octanol–water partition coefficient (Wildman–Crippen LogP) is 4.51. The summed E-state index contributed by atoms with van der Waals surface area (Å²) in [6.45, 7) is 12.7. The smallest absolute Gasteiger partial charge is 0.233 e. The molecule has 0 aliphatic carbocycles. The normalized spacial score (nSPS) is 13.6. The van der Waals surface area contributed by atoms with Crippen molar-refractivity contribution in [3.8, 4) is 5.75 Å². The predicted molar refractivity (Wildman–Crippen MR) is 94.6 cm³/mol. The number of hydrogen-bond donors (Lipinski definition) is 1. The second-order valence-electron chi connectivity index (χ2n) is 7.55. The van der Waals surface area contributed by atoms with E-state index in [9.17, 15) is 4.79 Å². The van der Waals surface area contributed by atoms with Gasteiger partial charge in [0.1, 0.15) is 5.75 Å². The Morgan fingerprint density at radius 2 is 1.73 bits per heavy atom. The Kier molecular flexibility index (Phi) is 6.36. The molecule has 0 fully saturated rings. The molecular formula is C18H29NO2S. The van der Waals surface area contributed by atoms with Gasteiger partial charge in [-0.15, -0.1) is 11.8 Å². The zero-order valence-corrected chi connectivity index (χ0v) is 15.6. The first-order chi connectivity index (χ1) is 10.0. The van der Waals surface area contributed by atoms with Gasteiger partial charge in [-0.05, 0) is 56.9 Å². The van der Waals surface area contributed by atoms with Gasteiger partial charge in [-0.2, -0.15) is 0 Å². The molecule has 1 unspecified atom stereocenters. The van der Waals surface area contributed by atoms with E-state index in [1.165, 1.54) is 0 Å². The van der Waals surface area contributed by atoms with E-state index in [0.717, 1.165) is 17.1 Å². The number of ether oxygens (including phenoxy) is 1. The fraction of sp³-hybridized carbons (Fsp3) is 0.611. The maximum absolute atomic E-state index is 12.4. The third kappa shape index (κ3) is 6.73. The third-order valence-electron chi connectivity index (χ3n) is 3.18. The summed E-state index contributed by atoms with van der Waals surface area (Å²) in [5, 5.41) is 3.04. The van der Waals surface area contributed by atoms with Crippen molar-refractivity contribution in [3.63, 3.8) is 0 Å². The zero-order valence-electron chi connectivity index (χ0n) is 14.8. The standard InChI is InChI=1S/C18H29NO2S/c1-13(22-15-10-8-14(21-7)9-11-15)16(20)19-18(5,6)12-17(2,3)4/h8-11,13H,12H2,1-7H3,(H,19,20). The highest BCUT2D eigenvalue weighted by Gasteiger charge is 2.28. The first kappa shape index (κ1) is 18.9. The highest BCUT2D eigenvalue weighted by atomic mass is 32.2. The number of hydrogen-bond acceptors (Lipinski definition) is 3. The van der Waals surface area contributed by atoms with Gasteiger partial charge in [0.05, 0.1) is 12.4 Å². The molecule has 1 N–H and O–H groups in total. The Bertz CT molecular complexity index is 489. The van der Waals surface area contributed by atoms with Crippen molar-refractivity contribution in [2.45, 2.75) is 63.6 Å². The summed E-state index contributed by atoms with van der Waals surface area (Å²) in [4.78, 5) is 13.5. The number of thioether (sulfide) groups is 1. The summed E-state index contributed by atoms with van der Waals surface area (Å²) in [6.07, 6.45) is 0.936. The van der Waals surface area contributed by atoms with Crippen LogP contribution in [0.3, 0.4) is 0 Å². The van der Waals surface area contributed by atoms with Crippen molar-refractivity contribution in [1.29, 1.82) is 0 Å². The molecule has 0 saturated carbocycles. The molecule has 124 valence electrons. The quantitative estimate of drug-likeness (QED) is 0.783. The van der Waals surface area contributed by atoms with E-state index in [2.05, 4.69) is 39.9 Å². The van der Waals surface area contributed by atoms with E-state index in [0.29, 0.717) is 0 Å². The van der Waals surface area contributed by atoms with Crippen molar-refractivity contribution in [1.82, 2.24) is 5.32 Å². The van der Waals surface area contributed by atoms with Crippen LogP contribution in [0.5, 0.6) is 5.75 Å². The number of amides is 1. The number of methoxy groups -OCH3 is 1. The molecule has 3 nitrogen and oxygen atoms in total. The van der Waals surface area contributed by atoms with Crippen LogP contribution in [0.2, 0.25) is 0 Å². The molecule has 0 saturated heterocycles. The van der Waals surface area contributed by atoms with E-state index in [-0.39, 0.29) is 22.1 Å². The van der Waals surface area contributed by atoms with E-state index in [4.69, 9.17) is 4.74 Å². The highest BCUT2D eigenvalue weighted by molar-refractivity contribution is 8.00. The Hall–Kier alpha value is -1.16. The lowest BCUT2D eigenvalue weighted by molar-refractivity contribution is -0.122. The van der Waals surface area contributed by atoms with Gasteiger partial charge in [0.25, 0.3) is 0 Å². The summed E-state index contributed by atoms with van der Waals surface area (Å²) in [7, 11) is 1.65. The summed E-state index contributed by atoms with van der Waals surface area (Å²) in [6, 6.07) is 7.79. The van der Waals surface area contributed by atoms with E-state index < -0.39 is 0 Å². The molecule has 22 heavy (non-hydrogen) atoms. The summed E-state index contributed by atoms with van der Waals surface area (Å²) < 4.78 is 5.15. The highest BCUT2D eigenvalue weighted by Crippen LogP contribution is 2.29. The van der Waals surface area contributed by atoms with Crippen molar-refractivity contribution in [3.05, 3.63) is 24.3 Å². The van der Waals surface area contributed by atoms with Crippen LogP contribution in [-0.4, -0.2) is 23.8 Å². The Balaban J connectivity index is 2.60. The van der Waals surface area contributed by atoms with Crippen LogP contribution in [0.15, 0.2) is 29.2 Å². The molecule has 0 radical (unpaired) electrons. The number of carbonyl (C=O) groups is 1. The summed E-state index contributed by atoms with van der Waals surface area (Å²) in [5.74, 6) is 0.905. The lowest BCUT2D eigenvalue weighted by Gasteiger charge is -2.34. The zero-order chi connectivity index (χ0) is 17.0. The average molecular weight is 324 g/mol. The minimum atomic E-state index is -0.204. The van der Waals surface area contributed by atoms with Crippen LogP contribution >= 0.6 is 11.8 Å². The van der Waals surface area contributed by atoms with Crippen molar-refractivity contribution < 1.29 is 9.53 Å². The minimum absolute atomic E-state index is 0.0788. The van der Waals surface area contributed by atoms with E-state index >= 15 is 0 Å². The topological polar surface area (TPSA) is 38.3 Å². The van der Waals surface area contributed by atoms with Gasteiger partial charge in [0.15, 0.2) is 0 Å². The number of rotatable bonds is 6. The third-order valence-corrected chi connectivity index (χ3v) is 4.29. The number of carbonyl (C=O) groups excluding carboxylic acids is 1. The lowest BCUT2D eigenvalue weighted by atomic mass is 9.82. The fourth-order valence-electron chi connectivity index (χ4n) is 2.72. The maximum Gasteiger partial charge on any atom is 0.233 e. The lowest BCUT2D eigenvalue weighted by Crippen LogP contribution is -2.48. The van der Waals surface area contributed by atoms with Crippen molar-refractivity contribution >= 4 is 17.7 Å². The van der Waals surface area contributed by atoms with Gasteiger partial charge < -0.3 is 10.1 Å². The molecule has 4 heteroatoms. The molecule has 0 aliphatic heterocycles. The van der Waals surface area contributed by atoms with Gasteiger partial charge in [0, 0.05) is 10.4 Å². The number of benzene rings is 1. The van der Waals surface area contributed by atoms with Crippen LogP contribution in [0, 0.1) is 5.41 Å². The van der Waals surface area contributed by atoms with Gasteiger partial charge in [-0.3, -0.25) is 4.79 Å².